The maximum Gasteiger partial charge on any atom is 0.305 e. The predicted octanol–water partition coefficient (Wildman–Crippen LogP) is 20.4. The number of carbonyl (C=O) groups is 2. The van der Waals surface area contributed by atoms with E-state index in [1.807, 2.05) is 0 Å². The number of aliphatic hydroxyl groups is 2. The number of esters is 1. The van der Waals surface area contributed by atoms with E-state index in [0.717, 1.165) is 44.9 Å². The summed E-state index contributed by atoms with van der Waals surface area (Å²) < 4.78 is 5.49. The third kappa shape index (κ3) is 57.7. The van der Waals surface area contributed by atoms with E-state index in [0.29, 0.717) is 25.9 Å². The van der Waals surface area contributed by atoms with Crippen molar-refractivity contribution in [2.24, 2.45) is 0 Å². The van der Waals surface area contributed by atoms with Crippen LogP contribution in [-0.2, 0) is 14.3 Å². The summed E-state index contributed by atoms with van der Waals surface area (Å²) in [7, 11) is 0. The van der Waals surface area contributed by atoms with Crippen LogP contribution in [0, 0.1) is 0 Å². The number of carbonyl (C=O) groups excluding carboxylic acids is 2. The van der Waals surface area contributed by atoms with Crippen LogP contribution in [0.25, 0.3) is 0 Å². The summed E-state index contributed by atoms with van der Waals surface area (Å²) in [5.74, 6) is -0.0290. The van der Waals surface area contributed by atoms with E-state index in [4.69, 9.17) is 4.74 Å². The lowest BCUT2D eigenvalue weighted by atomic mass is 10.0. The molecule has 6 heteroatoms. The number of hydrogen-bond acceptors (Lipinski definition) is 5. The van der Waals surface area contributed by atoms with E-state index in [9.17, 15) is 19.8 Å². The van der Waals surface area contributed by atoms with Gasteiger partial charge in [-0.25, -0.2) is 0 Å². The second kappa shape index (κ2) is 61.1. The molecule has 2 atom stereocenters. The normalized spacial score (nSPS) is 12.6. The molecule has 0 fully saturated rings. The lowest BCUT2D eigenvalue weighted by molar-refractivity contribution is -0.143. The molecule has 71 heavy (non-hydrogen) atoms. The Kier molecular flexibility index (Phi) is 59.9. The molecule has 0 aromatic heterocycles. The number of unbranched alkanes of at least 4 members (excludes halogenated alkanes) is 48. The topological polar surface area (TPSA) is 95.9 Å². The molecular weight excluding hydrogens is 875 g/mol. The van der Waals surface area contributed by atoms with E-state index >= 15 is 0 Å². The van der Waals surface area contributed by atoms with Crippen molar-refractivity contribution in [2.75, 3.05) is 13.2 Å². The van der Waals surface area contributed by atoms with E-state index in [1.54, 1.807) is 0 Å². The molecule has 0 radical (unpaired) electrons. The van der Waals surface area contributed by atoms with Crippen LogP contribution >= 0.6 is 0 Å². The first-order valence-corrected chi connectivity index (χ1v) is 32.4. The minimum absolute atomic E-state index is 0.00427. The minimum Gasteiger partial charge on any atom is -0.466 e. The molecule has 0 bridgehead atoms. The van der Waals surface area contributed by atoms with Gasteiger partial charge in [-0.15, -0.1) is 0 Å². The van der Waals surface area contributed by atoms with Crippen molar-refractivity contribution >= 4 is 11.9 Å². The van der Waals surface area contributed by atoms with E-state index in [-0.39, 0.29) is 18.5 Å². The van der Waals surface area contributed by atoms with Gasteiger partial charge >= 0.3 is 5.97 Å². The van der Waals surface area contributed by atoms with Gasteiger partial charge in [0, 0.05) is 12.8 Å². The van der Waals surface area contributed by atoms with E-state index in [2.05, 4.69) is 31.3 Å². The van der Waals surface area contributed by atoms with Crippen molar-refractivity contribution in [2.45, 2.75) is 379 Å². The molecular formula is C65H127NO5. The first-order valence-electron chi connectivity index (χ1n) is 32.4. The van der Waals surface area contributed by atoms with Crippen LogP contribution in [0.15, 0.2) is 12.2 Å². The molecule has 3 N–H and O–H groups in total. The summed E-state index contributed by atoms with van der Waals surface area (Å²) in [6, 6.07) is -0.543. The highest BCUT2D eigenvalue weighted by Gasteiger charge is 2.20. The number of hydrogen-bond donors (Lipinski definition) is 3. The van der Waals surface area contributed by atoms with Gasteiger partial charge in [-0.05, 0) is 51.4 Å². The molecule has 0 aliphatic rings. The molecule has 2 unspecified atom stereocenters. The molecule has 0 rings (SSSR count). The standard InChI is InChI=1S/C65H127NO5/c1-3-5-7-9-11-13-15-17-19-21-26-29-33-37-41-45-49-53-57-63(68)62(61-67)66-64(69)58-54-50-46-42-38-34-30-27-24-22-23-25-28-32-36-40-44-48-52-56-60-71-65(70)59-55-51-47-43-39-35-31-20-18-16-14-12-10-8-6-4-2/h20,31,62-63,67-68H,3-19,21-30,32-61H2,1-2H3,(H,66,69)/b31-20-. The molecule has 0 aromatic carbocycles. The quantitative estimate of drug-likeness (QED) is 0.0320. The summed E-state index contributed by atoms with van der Waals surface area (Å²) in [6.07, 6.45) is 73.7. The van der Waals surface area contributed by atoms with E-state index < -0.39 is 12.1 Å². The summed E-state index contributed by atoms with van der Waals surface area (Å²) in [4.78, 5) is 24.6. The van der Waals surface area contributed by atoms with Crippen molar-refractivity contribution in [1.29, 1.82) is 0 Å². The number of aliphatic hydroxyl groups excluding tert-OH is 2. The van der Waals surface area contributed by atoms with Crippen LogP contribution in [0.3, 0.4) is 0 Å². The molecule has 0 heterocycles. The monoisotopic (exact) mass is 1000 g/mol. The fourth-order valence-corrected chi connectivity index (χ4v) is 10.3. The zero-order chi connectivity index (χ0) is 51.4. The van der Waals surface area contributed by atoms with Crippen LogP contribution in [0.4, 0.5) is 0 Å². The van der Waals surface area contributed by atoms with Crippen LogP contribution in [0.2, 0.25) is 0 Å². The van der Waals surface area contributed by atoms with Gasteiger partial charge in [-0.2, -0.15) is 0 Å². The fraction of sp³-hybridized carbons (Fsp3) is 0.938. The maximum atomic E-state index is 12.5. The zero-order valence-electron chi connectivity index (χ0n) is 48.2. The van der Waals surface area contributed by atoms with Crippen LogP contribution in [0.1, 0.15) is 367 Å². The zero-order valence-corrected chi connectivity index (χ0v) is 48.2. The van der Waals surface area contributed by atoms with Crippen molar-refractivity contribution in [3.63, 3.8) is 0 Å². The van der Waals surface area contributed by atoms with Crippen LogP contribution in [-0.4, -0.2) is 47.4 Å². The number of nitrogens with one attached hydrogen (secondary N) is 1. The summed E-state index contributed by atoms with van der Waals surface area (Å²) >= 11 is 0. The molecule has 0 aromatic rings. The Hall–Kier alpha value is -1.40. The largest absolute Gasteiger partial charge is 0.466 e. The Balaban J connectivity index is 3.38. The van der Waals surface area contributed by atoms with Gasteiger partial charge in [0.25, 0.3) is 0 Å². The third-order valence-electron chi connectivity index (χ3n) is 15.3. The van der Waals surface area contributed by atoms with Crippen LogP contribution in [0.5, 0.6) is 0 Å². The smallest absolute Gasteiger partial charge is 0.305 e. The molecule has 6 nitrogen and oxygen atoms in total. The van der Waals surface area contributed by atoms with Gasteiger partial charge in [0.15, 0.2) is 0 Å². The Morgan fingerprint density at radius 1 is 0.380 bits per heavy atom. The van der Waals surface area contributed by atoms with Gasteiger partial charge in [-0.1, -0.05) is 315 Å². The maximum absolute atomic E-state index is 12.5. The highest BCUT2D eigenvalue weighted by atomic mass is 16.5. The number of allylic oxidation sites excluding steroid dienone is 2. The second-order valence-electron chi connectivity index (χ2n) is 22.5. The number of rotatable bonds is 61. The first kappa shape index (κ1) is 69.6. The minimum atomic E-state index is -0.666. The molecule has 0 saturated carbocycles. The molecule has 422 valence electrons. The summed E-state index contributed by atoms with van der Waals surface area (Å²) in [6.45, 7) is 4.98. The highest BCUT2D eigenvalue weighted by Crippen LogP contribution is 2.18. The Morgan fingerprint density at radius 3 is 1.00 bits per heavy atom. The van der Waals surface area contributed by atoms with Gasteiger partial charge in [0.2, 0.25) is 5.91 Å². The summed E-state index contributed by atoms with van der Waals surface area (Å²) in [5, 5.41) is 23.4. The van der Waals surface area contributed by atoms with Gasteiger partial charge in [-0.3, -0.25) is 9.59 Å². The van der Waals surface area contributed by atoms with Crippen molar-refractivity contribution in [3.05, 3.63) is 12.2 Å². The average molecular weight is 1000 g/mol. The Bertz CT molecular complexity index is 1060. The molecule has 0 saturated heterocycles. The van der Waals surface area contributed by atoms with Gasteiger partial charge in [0.05, 0.1) is 25.4 Å². The average Bonchev–Trinajstić information content (AvgIpc) is 3.37. The van der Waals surface area contributed by atoms with E-state index in [1.165, 1.54) is 289 Å². The van der Waals surface area contributed by atoms with Gasteiger partial charge < -0.3 is 20.3 Å². The Labute approximate surface area is 444 Å². The molecule has 1 amide bonds. The highest BCUT2D eigenvalue weighted by molar-refractivity contribution is 5.76. The second-order valence-corrected chi connectivity index (χ2v) is 22.5. The van der Waals surface area contributed by atoms with Gasteiger partial charge in [0.1, 0.15) is 0 Å². The number of ether oxygens (including phenoxy) is 1. The molecule has 0 aliphatic carbocycles. The molecule has 0 aliphatic heterocycles. The number of amides is 1. The van der Waals surface area contributed by atoms with Crippen molar-refractivity contribution < 1.29 is 24.5 Å². The Morgan fingerprint density at radius 2 is 0.662 bits per heavy atom. The lowest BCUT2D eigenvalue weighted by Crippen LogP contribution is -2.45. The third-order valence-corrected chi connectivity index (χ3v) is 15.3. The lowest BCUT2D eigenvalue weighted by Gasteiger charge is -2.22. The SMILES string of the molecule is CCCCCCCCC/C=C\CCCCCCCC(=O)OCCCCCCCCCCCCCCCCCCCCCCC(=O)NC(CO)C(O)CCCCCCCCCCCCCCCCCCCC. The van der Waals surface area contributed by atoms with Crippen molar-refractivity contribution in [3.8, 4) is 0 Å². The first-order chi connectivity index (χ1) is 35.0. The van der Waals surface area contributed by atoms with Crippen LogP contribution < -0.4 is 5.32 Å². The van der Waals surface area contributed by atoms with Crippen molar-refractivity contribution in [1.82, 2.24) is 5.32 Å². The predicted molar refractivity (Wildman–Crippen MR) is 310 cm³/mol. The summed E-state index contributed by atoms with van der Waals surface area (Å²) in [5.41, 5.74) is 0. The molecule has 0 spiro atoms. The fourth-order valence-electron chi connectivity index (χ4n) is 10.3.